The molecule has 0 amide bonds. The van der Waals surface area contributed by atoms with Gasteiger partial charge in [-0.15, -0.1) is 0 Å². The monoisotopic (exact) mass is 238 g/mol. The van der Waals surface area contributed by atoms with E-state index in [0.717, 1.165) is 24.0 Å². The van der Waals surface area contributed by atoms with Gasteiger partial charge in [-0.3, -0.25) is 0 Å². The fraction of sp³-hybridized carbons (Fsp3) is 0.667. The van der Waals surface area contributed by atoms with E-state index in [9.17, 15) is 5.11 Å². The van der Waals surface area contributed by atoms with Crippen molar-refractivity contribution in [3.63, 3.8) is 0 Å². The van der Waals surface area contributed by atoms with E-state index in [2.05, 4.69) is 20.6 Å². The molecule has 0 saturated heterocycles. The van der Waals surface area contributed by atoms with E-state index < -0.39 is 0 Å². The Bertz CT molecular complexity index is 354. The highest BCUT2D eigenvalue weighted by Crippen LogP contribution is 2.13. The smallest absolute Gasteiger partial charge is 0.132 e. The number of aromatic nitrogens is 2. The largest absolute Gasteiger partial charge is 0.393 e. The Morgan fingerprint density at radius 3 is 2.53 bits per heavy atom. The SMILES string of the molecule is CCNc1cc(NC(C)CC(C)O)nc(C)n1. The van der Waals surface area contributed by atoms with Crippen molar-refractivity contribution in [1.29, 1.82) is 0 Å². The standard InChI is InChI=1S/C12H22N4O/c1-5-13-11-7-12(16-10(4)15-11)14-8(2)6-9(3)17/h7-9,17H,5-6H2,1-4H3,(H2,13,14,15,16). The molecule has 5 nitrogen and oxygen atoms in total. The van der Waals surface area contributed by atoms with Gasteiger partial charge in [-0.1, -0.05) is 0 Å². The number of nitrogens with zero attached hydrogens (tertiary/aromatic N) is 2. The first-order chi connectivity index (χ1) is 8.01. The van der Waals surface area contributed by atoms with Crippen LogP contribution in [0.25, 0.3) is 0 Å². The fourth-order valence-electron chi connectivity index (χ4n) is 1.74. The highest BCUT2D eigenvalue weighted by molar-refractivity contribution is 5.47. The van der Waals surface area contributed by atoms with Crippen LogP contribution >= 0.6 is 0 Å². The minimum Gasteiger partial charge on any atom is -0.393 e. The molecular weight excluding hydrogens is 216 g/mol. The van der Waals surface area contributed by atoms with Crippen molar-refractivity contribution in [1.82, 2.24) is 9.97 Å². The first-order valence-corrected chi connectivity index (χ1v) is 6.05. The molecule has 2 atom stereocenters. The molecule has 0 fully saturated rings. The summed E-state index contributed by atoms with van der Waals surface area (Å²) in [5.41, 5.74) is 0. The first kappa shape index (κ1) is 13.7. The summed E-state index contributed by atoms with van der Waals surface area (Å²) in [5, 5.41) is 15.7. The van der Waals surface area contributed by atoms with Gasteiger partial charge in [-0.25, -0.2) is 9.97 Å². The molecule has 0 radical (unpaired) electrons. The molecule has 0 saturated carbocycles. The summed E-state index contributed by atoms with van der Waals surface area (Å²) in [6, 6.07) is 2.06. The van der Waals surface area contributed by atoms with E-state index in [0.29, 0.717) is 6.42 Å². The number of aryl methyl sites for hydroxylation is 1. The van der Waals surface area contributed by atoms with Gasteiger partial charge in [0.25, 0.3) is 0 Å². The molecular formula is C12H22N4O. The molecule has 96 valence electrons. The number of nitrogens with one attached hydrogen (secondary N) is 2. The molecule has 0 aliphatic rings. The summed E-state index contributed by atoms with van der Waals surface area (Å²) in [7, 11) is 0. The molecule has 1 heterocycles. The number of hydrogen-bond acceptors (Lipinski definition) is 5. The van der Waals surface area contributed by atoms with Crippen molar-refractivity contribution in [2.45, 2.75) is 46.3 Å². The van der Waals surface area contributed by atoms with E-state index in [-0.39, 0.29) is 12.1 Å². The van der Waals surface area contributed by atoms with Gasteiger partial charge in [0.15, 0.2) is 0 Å². The molecule has 1 aromatic heterocycles. The first-order valence-electron chi connectivity index (χ1n) is 6.05. The Kier molecular flexibility index (Phi) is 5.15. The lowest BCUT2D eigenvalue weighted by Crippen LogP contribution is -2.21. The minimum absolute atomic E-state index is 0.179. The molecule has 0 aliphatic heterocycles. The molecule has 1 aromatic rings. The van der Waals surface area contributed by atoms with E-state index in [1.165, 1.54) is 0 Å². The van der Waals surface area contributed by atoms with E-state index >= 15 is 0 Å². The molecule has 1 rings (SSSR count). The van der Waals surface area contributed by atoms with Gasteiger partial charge in [0.05, 0.1) is 6.10 Å². The number of hydrogen-bond donors (Lipinski definition) is 3. The zero-order valence-electron chi connectivity index (χ0n) is 11.0. The Balaban J connectivity index is 2.69. The van der Waals surface area contributed by atoms with Crippen LogP contribution in [0.5, 0.6) is 0 Å². The van der Waals surface area contributed by atoms with Crippen LogP contribution in [0.15, 0.2) is 6.07 Å². The van der Waals surface area contributed by atoms with Crippen LogP contribution in [0.1, 0.15) is 33.0 Å². The Morgan fingerprint density at radius 2 is 1.94 bits per heavy atom. The van der Waals surface area contributed by atoms with Crippen molar-refractivity contribution in [2.24, 2.45) is 0 Å². The van der Waals surface area contributed by atoms with Crippen molar-refractivity contribution in [3.8, 4) is 0 Å². The topological polar surface area (TPSA) is 70.1 Å². The minimum atomic E-state index is -0.311. The quantitative estimate of drug-likeness (QED) is 0.705. The van der Waals surface area contributed by atoms with Crippen molar-refractivity contribution >= 4 is 11.6 Å². The second-order valence-corrected chi connectivity index (χ2v) is 4.35. The van der Waals surface area contributed by atoms with Gasteiger partial charge in [0.2, 0.25) is 0 Å². The van der Waals surface area contributed by atoms with Crippen LogP contribution in [0.3, 0.4) is 0 Å². The van der Waals surface area contributed by atoms with Crippen LogP contribution in [-0.2, 0) is 0 Å². The van der Waals surface area contributed by atoms with E-state index in [4.69, 9.17) is 0 Å². The van der Waals surface area contributed by atoms with Crippen molar-refractivity contribution in [3.05, 3.63) is 11.9 Å². The Labute approximate surface area is 103 Å². The van der Waals surface area contributed by atoms with Crippen LogP contribution < -0.4 is 10.6 Å². The molecule has 0 aliphatic carbocycles. The Hall–Kier alpha value is -1.36. The zero-order chi connectivity index (χ0) is 12.8. The highest BCUT2D eigenvalue weighted by Gasteiger charge is 2.08. The summed E-state index contributed by atoms with van der Waals surface area (Å²) in [6.45, 7) is 8.54. The average molecular weight is 238 g/mol. The second-order valence-electron chi connectivity index (χ2n) is 4.35. The van der Waals surface area contributed by atoms with Gasteiger partial charge in [0, 0.05) is 18.7 Å². The van der Waals surface area contributed by atoms with Gasteiger partial charge >= 0.3 is 0 Å². The summed E-state index contributed by atoms with van der Waals surface area (Å²) < 4.78 is 0. The number of aliphatic hydroxyl groups is 1. The number of aliphatic hydroxyl groups excluding tert-OH is 1. The van der Waals surface area contributed by atoms with E-state index in [1.807, 2.05) is 26.8 Å². The van der Waals surface area contributed by atoms with Gasteiger partial charge in [-0.05, 0) is 34.1 Å². The highest BCUT2D eigenvalue weighted by atomic mass is 16.3. The molecule has 17 heavy (non-hydrogen) atoms. The van der Waals surface area contributed by atoms with Crippen molar-refractivity contribution < 1.29 is 5.11 Å². The third-order valence-electron chi connectivity index (χ3n) is 2.28. The number of rotatable bonds is 6. The van der Waals surface area contributed by atoms with Crippen LogP contribution in [0.4, 0.5) is 11.6 Å². The van der Waals surface area contributed by atoms with Gasteiger partial charge in [-0.2, -0.15) is 0 Å². The fourth-order valence-corrected chi connectivity index (χ4v) is 1.74. The summed E-state index contributed by atoms with van der Waals surface area (Å²) in [6.07, 6.45) is 0.383. The molecule has 3 N–H and O–H groups in total. The van der Waals surface area contributed by atoms with Crippen molar-refractivity contribution in [2.75, 3.05) is 17.2 Å². The second kappa shape index (κ2) is 6.39. The Morgan fingerprint density at radius 1 is 1.29 bits per heavy atom. The molecule has 0 bridgehead atoms. The molecule has 5 heteroatoms. The van der Waals surface area contributed by atoms with Crippen LogP contribution in [0.2, 0.25) is 0 Å². The lowest BCUT2D eigenvalue weighted by molar-refractivity contribution is 0.179. The third kappa shape index (κ3) is 4.99. The van der Waals surface area contributed by atoms with E-state index in [1.54, 1.807) is 6.92 Å². The lowest BCUT2D eigenvalue weighted by Gasteiger charge is -2.16. The zero-order valence-corrected chi connectivity index (χ0v) is 11.0. The summed E-state index contributed by atoms with van der Waals surface area (Å²) >= 11 is 0. The summed E-state index contributed by atoms with van der Waals surface area (Å²) in [4.78, 5) is 8.60. The van der Waals surface area contributed by atoms with Crippen LogP contribution in [-0.4, -0.2) is 33.8 Å². The molecule has 0 aromatic carbocycles. The third-order valence-corrected chi connectivity index (χ3v) is 2.28. The summed E-state index contributed by atoms with van der Waals surface area (Å²) in [5.74, 6) is 2.35. The molecule has 2 unspecified atom stereocenters. The van der Waals surface area contributed by atoms with Gasteiger partial charge in [0.1, 0.15) is 17.5 Å². The number of anilines is 2. The maximum atomic E-state index is 9.31. The predicted molar refractivity (Wildman–Crippen MR) is 70.3 cm³/mol. The predicted octanol–water partition coefficient (Wildman–Crippen LogP) is 1.79. The average Bonchev–Trinajstić information content (AvgIpc) is 2.14. The van der Waals surface area contributed by atoms with Crippen LogP contribution in [0, 0.1) is 6.92 Å². The maximum Gasteiger partial charge on any atom is 0.132 e. The van der Waals surface area contributed by atoms with Gasteiger partial charge < -0.3 is 15.7 Å². The lowest BCUT2D eigenvalue weighted by atomic mass is 10.1. The molecule has 0 spiro atoms. The maximum absolute atomic E-state index is 9.31. The normalized spacial score (nSPS) is 14.2.